The third-order valence-corrected chi connectivity index (χ3v) is 4.29. The Balaban J connectivity index is 1.84. The molecule has 2 aromatic heterocycles. The van der Waals surface area contributed by atoms with Gasteiger partial charge >= 0.3 is 0 Å². The van der Waals surface area contributed by atoms with Crippen LogP contribution in [-0.2, 0) is 17.4 Å². The summed E-state index contributed by atoms with van der Waals surface area (Å²) in [6.07, 6.45) is 6.65. The van der Waals surface area contributed by atoms with Crippen LogP contribution in [0.3, 0.4) is 0 Å². The first-order valence-electron chi connectivity index (χ1n) is 7.00. The van der Waals surface area contributed by atoms with Crippen LogP contribution in [0.15, 0.2) is 53.8 Å². The number of aromatic nitrogens is 2. The molecule has 0 saturated carbocycles. The molecule has 0 aliphatic carbocycles. The highest BCUT2D eigenvalue weighted by Gasteiger charge is 2.06. The predicted octanol–water partition coefficient (Wildman–Crippen LogP) is 2.95. The van der Waals surface area contributed by atoms with Gasteiger partial charge in [0.15, 0.2) is 0 Å². The third kappa shape index (κ3) is 3.48. The molecule has 0 radical (unpaired) electrons. The summed E-state index contributed by atoms with van der Waals surface area (Å²) < 4.78 is 22.6. The normalized spacial score (nSPS) is 12.1. The second kappa shape index (κ2) is 6.75. The molecule has 3 aromatic rings. The zero-order valence-corrected chi connectivity index (χ0v) is 13.7. The minimum Gasteiger partial charge on any atom is -0.497 e. The number of hydrogen-bond acceptors (Lipinski definition) is 5. The molecule has 0 saturated heterocycles. The van der Waals surface area contributed by atoms with Crippen LogP contribution in [0, 0.1) is 0 Å². The van der Waals surface area contributed by atoms with E-state index in [4.69, 9.17) is 9.47 Å². The Morgan fingerprint density at radius 1 is 1.17 bits per heavy atom. The topological polar surface area (TPSA) is 61.3 Å². The van der Waals surface area contributed by atoms with Gasteiger partial charge in [-0.15, -0.1) is 0 Å². The SMILES string of the molecule is COc1ccc2c(OCc3cncc(S(C)=O)c3)ccnc2c1. The smallest absolute Gasteiger partial charge is 0.130 e. The molecule has 0 bridgehead atoms. The highest BCUT2D eigenvalue weighted by molar-refractivity contribution is 7.84. The van der Waals surface area contributed by atoms with Crippen molar-refractivity contribution in [3.05, 3.63) is 54.5 Å². The molecule has 0 fully saturated rings. The number of methoxy groups -OCH3 is 1. The van der Waals surface area contributed by atoms with Gasteiger partial charge in [0.2, 0.25) is 0 Å². The van der Waals surface area contributed by atoms with E-state index in [9.17, 15) is 4.21 Å². The van der Waals surface area contributed by atoms with Crippen molar-refractivity contribution in [2.45, 2.75) is 11.5 Å². The van der Waals surface area contributed by atoms with E-state index in [-0.39, 0.29) is 0 Å². The Morgan fingerprint density at radius 3 is 2.83 bits per heavy atom. The van der Waals surface area contributed by atoms with Gasteiger partial charge in [-0.1, -0.05) is 0 Å². The van der Waals surface area contributed by atoms with Crippen molar-refractivity contribution in [3.8, 4) is 11.5 Å². The maximum Gasteiger partial charge on any atom is 0.130 e. The highest BCUT2D eigenvalue weighted by Crippen LogP contribution is 2.27. The van der Waals surface area contributed by atoms with Crippen molar-refractivity contribution in [2.75, 3.05) is 13.4 Å². The van der Waals surface area contributed by atoms with Crippen molar-refractivity contribution in [2.24, 2.45) is 0 Å². The van der Waals surface area contributed by atoms with Crippen LogP contribution < -0.4 is 9.47 Å². The summed E-state index contributed by atoms with van der Waals surface area (Å²) in [4.78, 5) is 9.12. The highest BCUT2D eigenvalue weighted by atomic mass is 32.2. The van der Waals surface area contributed by atoms with Gasteiger partial charge in [-0.05, 0) is 24.3 Å². The fourth-order valence-corrected chi connectivity index (χ4v) is 2.74. The van der Waals surface area contributed by atoms with E-state index in [1.807, 2.05) is 30.3 Å². The number of ether oxygens (including phenoxy) is 2. The number of fused-ring (bicyclic) bond motifs is 1. The fourth-order valence-electron chi connectivity index (χ4n) is 2.22. The van der Waals surface area contributed by atoms with Crippen molar-refractivity contribution >= 4 is 21.7 Å². The first-order chi connectivity index (χ1) is 11.2. The van der Waals surface area contributed by atoms with Gasteiger partial charge in [0, 0.05) is 41.9 Å². The van der Waals surface area contributed by atoms with E-state index in [2.05, 4.69) is 9.97 Å². The molecule has 0 aliphatic heterocycles. The van der Waals surface area contributed by atoms with Gasteiger partial charge in [0.25, 0.3) is 0 Å². The molecule has 0 spiro atoms. The lowest BCUT2D eigenvalue weighted by molar-refractivity contribution is 0.309. The summed E-state index contributed by atoms with van der Waals surface area (Å²) in [6, 6.07) is 9.33. The molecule has 118 valence electrons. The van der Waals surface area contributed by atoms with Gasteiger partial charge in [-0.2, -0.15) is 0 Å². The minimum absolute atomic E-state index is 0.350. The summed E-state index contributed by atoms with van der Waals surface area (Å²) in [7, 11) is 0.569. The summed E-state index contributed by atoms with van der Waals surface area (Å²) in [6.45, 7) is 0.350. The van der Waals surface area contributed by atoms with Crippen molar-refractivity contribution in [1.82, 2.24) is 9.97 Å². The van der Waals surface area contributed by atoms with Crippen LogP contribution >= 0.6 is 0 Å². The lowest BCUT2D eigenvalue weighted by Crippen LogP contribution is -1.99. The molecule has 1 aromatic carbocycles. The van der Waals surface area contributed by atoms with Crippen molar-refractivity contribution < 1.29 is 13.7 Å². The van der Waals surface area contributed by atoms with Crippen molar-refractivity contribution in [1.29, 1.82) is 0 Å². The lowest BCUT2D eigenvalue weighted by Gasteiger charge is -2.10. The average Bonchev–Trinajstić information content (AvgIpc) is 2.59. The Morgan fingerprint density at radius 2 is 2.04 bits per heavy atom. The van der Waals surface area contributed by atoms with E-state index >= 15 is 0 Å². The van der Waals surface area contributed by atoms with Gasteiger partial charge in [0.1, 0.15) is 18.1 Å². The largest absolute Gasteiger partial charge is 0.497 e. The third-order valence-electron chi connectivity index (χ3n) is 3.41. The molecule has 2 heterocycles. The molecular formula is C17H16N2O3S. The van der Waals surface area contributed by atoms with Crippen LogP contribution in [0.5, 0.6) is 11.5 Å². The Bertz CT molecular complexity index is 867. The standard InChI is InChI=1S/C17H16N2O3S/c1-21-13-3-4-15-16(8-13)19-6-5-17(15)22-11-12-7-14(23(2)20)10-18-9-12/h3-10H,11H2,1-2H3. The summed E-state index contributed by atoms with van der Waals surface area (Å²) in [5.74, 6) is 1.49. The molecule has 6 heteroatoms. The van der Waals surface area contributed by atoms with Gasteiger partial charge in [-0.25, -0.2) is 0 Å². The monoisotopic (exact) mass is 328 g/mol. The summed E-state index contributed by atoms with van der Waals surface area (Å²) >= 11 is 0. The number of nitrogens with zero attached hydrogens (tertiary/aromatic N) is 2. The number of hydrogen-bond donors (Lipinski definition) is 0. The molecule has 0 aliphatic rings. The Labute approximate surface area is 136 Å². The molecule has 1 atom stereocenters. The fraction of sp³-hybridized carbons (Fsp3) is 0.176. The molecular weight excluding hydrogens is 312 g/mol. The molecule has 23 heavy (non-hydrogen) atoms. The maximum absolute atomic E-state index is 11.5. The van der Waals surface area contributed by atoms with E-state index in [1.165, 1.54) is 0 Å². The van der Waals surface area contributed by atoms with Gasteiger partial charge < -0.3 is 9.47 Å². The molecule has 1 unspecified atom stereocenters. The Hall–Kier alpha value is -2.47. The van der Waals surface area contributed by atoms with Crippen molar-refractivity contribution in [3.63, 3.8) is 0 Å². The number of rotatable bonds is 5. The lowest BCUT2D eigenvalue weighted by atomic mass is 10.2. The Kier molecular flexibility index (Phi) is 4.52. The molecule has 5 nitrogen and oxygen atoms in total. The van der Waals surface area contributed by atoms with Crippen LogP contribution in [0.4, 0.5) is 0 Å². The van der Waals surface area contributed by atoms with Crippen LogP contribution in [-0.4, -0.2) is 27.5 Å². The quantitative estimate of drug-likeness (QED) is 0.720. The van der Waals surface area contributed by atoms with Gasteiger partial charge in [-0.3, -0.25) is 14.2 Å². The van der Waals surface area contributed by atoms with E-state index in [1.54, 1.807) is 32.0 Å². The first-order valence-corrected chi connectivity index (χ1v) is 8.56. The minimum atomic E-state index is -1.06. The molecule has 3 rings (SSSR count). The second-order valence-corrected chi connectivity index (χ2v) is 6.34. The molecule has 0 N–H and O–H groups in total. The van der Waals surface area contributed by atoms with Gasteiger partial charge in [0.05, 0.1) is 28.3 Å². The second-order valence-electron chi connectivity index (χ2n) is 4.96. The zero-order chi connectivity index (χ0) is 16.2. The maximum atomic E-state index is 11.5. The van der Waals surface area contributed by atoms with Crippen LogP contribution in [0.1, 0.15) is 5.56 Å². The zero-order valence-electron chi connectivity index (χ0n) is 12.9. The number of benzene rings is 1. The first kappa shape index (κ1) is 15.4. The predicted molar refractivity (Wildman–Crippen MR) is 89.2 cm³/mol. The van der Waals surface area contributed by atoms with Crippen LogP contribution in [0.2, 0.25) is 0 Å². The van der Waals surface area contributed by atoms with E-state index in [0.29, 0.717) is 11.5 Å². The summed E-state index contributed by atoms with van der Waals surface area (Å²) in [5.41, 5.74) is 1.68. The number of pyridine rings is 2. The van der Waals surface area contributed by atoms with Crippen LogP contribution in [0.25, 0.3) is 10.9 Å². The molecule has 0 amide bonds. The summed E-state index contributed by atoms with van der Waals surface area (Å²) in [5, 5.41) is 0.913. The van der Waals surface area contributed by atoms with E-state index < -0.39 is 10.8 Å². The average molecular weight is 328 g/mol. The van der Waals surface area contributed by atoms with E-state index in [0.717, 1.165) is 28.0 Å².